The maximum atomic E-state index is 12.4. The zero-order valence-corrected chi connectivity index (χ0v) is 12.7. The highest BCUT2D eigenvalue weighted by Gasteiger charge is 2.14. The predicted octanol–water partition coefficient (Wildman–Crippen LogP) is 4.32. The zero-order valence-electron chi connectivity index (χ0n) is 11.2. The number of fused-ring (bicyclic) bond motifs is 1. The van der Waals surface area contributed by atoms with E-state index in [1.165, 1.54) is 17.5 Å². The standard InChI is InChI=1S/C17H16BrNO/c18-11-15-4-1-2-7-16(15)19-17(20)14-9-8-12-5-3-6-13(12)10-14/h1-2,4,7-10H,3,5-6,11H2,(H,19,20). The molecule has 2 nitrogen and oxygen atoms in total. The number of benzene rings is 2. The SMILES string of the molecule is O=C(Nc1ccccc1CBr)c1ccc2c(c1)CCC2. The molecule has 0 unspecified atom stereocenters. The number of rotatable bonds is 3. The Morgan fingerprint density at radius 3 is 2.75 bits per heavy atom. The number of alkyl halides is 1. The van der Waals surface area contributed by atoms with E-state index in [-0.39, 0.29) is 5.91 Å². The first-order valence-corrected chi connectivity index (χ1v) is 7.97. The molecule has 0 fully saturated rings. The highest BCUT2D eigenvalue weighted by Crippen LogP contribution is 2.24. The second kappa shape index (κ2) is 5.80. The number of carbonyl (C=O) groups is 1. The first-order valence-electron chi connectivity index (χ1n) is 6.85. The lowest BCUT2D eigenvalue weighted by atomic mass is 10.1. The number of nitrogens with one attached hydrogen (secondary N) is 1. The van der Waals surface area contributed by atoms with E-state index in [1.54, 1.807) is 0 Å². The van der Waals surface area contributed by atoms with Gasteiger partial charge < -0.3 is 5.32 Å². The molecule has 0 aromatic heterocycles. The lowest BCUT2D eigenvalue weighted by molar-refractivity contribution is 0.102. The summed E-state index contributed by atoms with van der Waals surface area (Å²) in [5.74, 6) is -0.0342. The minimum absolute atomic E-state index is 0.0342. The summed E-state index contributed by atoms with van der Waals surface area (Å²) in [7, 11) is 0. The van der Waals surface area contributed by atoms with Crippen LogP contribution >= 0.6 is 15.9 Å². The van der Waals surface area contributed by atoms with Crippen LogP contribution < -0.4 is 5.32 Å². The Kier molecular flexibility index (Phi) is 3.88. The smallest absolute Gasteiger partial charge is 0.255 e. The fourth-order valence-electron chi connectivity index (χ4n) is 2.67. The summed E-state index contributed by atoms with van der Waals surface area (Å²) in [6.07, 6.45) is 3.44. The number of amides is 1. The highest BCUT2D eigenvalue weighted by atomic mass is 79.9. The van der Waals surface area contributed by atoms with Gasteiger partial charge in [0.15, 0.2) is 0 Å². The fraction of sp³-hybridized carbons (Fsp3) is 0.235. The van der Waals surface area contributed by atoms with Crippen LogP contribution in [-0.4, -0.2) is 5.91 Å². The third kappa shape index (κ3) is 2.63. The maximum Gasteiger partial charge on any atom is 0.255 e. The first kappa shape index (κ1) is 13.4. The molecule has 2 aromatic carbocycles. The topological polar surface area (TPSA) is 29.1 Å². The monoisotopic (exact) mass is 329 g/mol. The Balaban J connectivity index is 1.83. The molecular formula is C17H16BrNO. The normalized spacial score (nSPS) is 13.1. The molecule has 3 rings (SSSR count). The van der Waals surface area contributed by atoms with Gasteiger partial charge in [0.2, 0.25) is 0 Å². The molecule has 0 radical (unpaired) electrons. The molecule has 0 saturated carbocycles. The molecule has 0 heterocycles. The van der Waals surface area contributed by atoms with Crippen molar-refractivity contribution in [3.63, 3.8) is 0 Å². The van der Waals surface area contributed by atoms with Gasteiger partial charge in [0.05, 0.1) is 0 Å². The summed E-state index contributed by atoms with van der Waals surface area (Å²) < 4.78 is 0. The van der Waals surface area contributed by atoms with E-state index >= 15 is 0 Å². The molecule has 102 valence electrons. The van der Waals surface area contributed by atoms with Crippen molar-refractivity contribution in [2.45, 2.75) is 24.6 Å². The van der Waals surface area contributed by atoms with Crippen LogP contribution in [0.15, 0.2) is 42.5 Å². The number of anilines is 1. The van der Waals surface area contributed by atoms with E-state index in [0.29, 0.717) is 0 Å². The van der Waals surface area contributed by atoms with Crippen molar-refractivity contribution in [1.82, 2.24) is 0 Å². The number of para-hydroxylation sites is 1. The number of aryl methyl sites for hydroxylation is 2. The van der Waals surface area contributed by atoms with E-state index in [0.717, 1.165) is 35.0 Å². The molecule has 0 bridgehead atoms. The summed E-state index contributed by atoms with van der Waals surface area (Å²) in [5.41, 5.74) is 5.42. The molecule has 1 aliphatic rings. The minimum Gasteiger partial charge on any atom is -0.322 e. The van der Waals surface area contributed by atoms with E-state index in [4.69, 9.17) is 0 Å². The summed E-state index contributed by atoms with van der Waals surface area (Å²) >= 11 is 3.44. The number of hydrogen-bond donors (Lipinski definition) is 1. The average Bonchev–Trinajstić information content (AvgIpc) is 2.95. The summed E-state index contributed by atoms with van der Waals surface area (Å²) in [6, 6.07) is 13.9. The van der Waals surface area contributed by atoms with E-state index in [1.807, 2.05) is 36.4 Å². The van der Waals surface area contributed by atoms with Crippen LogP contribution in [0.4, 0.5) is 5.69 Å². The summed E-state index contributed by atoms with van der Waals surface area (Å²) in [4.78, 5) is 12.4. The number of carbonyl (C=O) groups excluding carboxylic acids is 1. The van der Waals surface area contributed by atoms with Gasteiger partial charge in [-0.3, -0.25) is 4.79 Å². The van der Waals surface area contributed by atoms with Gasteiger partial charge in [-0.2, -0.15) is 0 Å². The lowest BCUT2D eigenvalue weighted by Gasteiger charge is -2.10. The molecular weight excluding hydrogens is 314 g/mol. The molecule has 3 heteroatoms. The first-order chi connectivity index (χ1) is 9.78. The largest absolute Gasteiger partial charge is 0.322 e. The van der Waals surface area contributed by atoms with Crippen molar-refractivity contribution in [2.75, 3.05) is 5.32 Å². The molecule has 20 heavy (non-hydrogen) atoms. The second-order valence-electron chi connectivity index (χ2n) is 5.08. The molecule has 0 atom stereocenters. The van der Waals surface area contributed by atoms with Gasteiger partial charge in [-0.25, -0.2) is 0 Å². The van der Waals surface area contributed by atoms with Crippen LogP contribution in [0.25, 0.3) is 0 Å². The van der Waals surface area contributed by atoms with Gasteiger partial charge in [-0.05, 0) is 54.2 Å². The Hall–Kier alpha value is -1.61. The molecule has 0 spiro atoms. The van der Waals surface area contributed by atoms with E-state index in [2.05, 4.69) is 27.3 Å². The Morgan fingerprint density at radius 2 is 1.90 bits per heavy atom. The zero-order chi connectivity index (χ0) is 13.9. The van der Waals surface area contributed by atoms with Gasteiger partial charge in [0, 0.05) is 16.6 Å². The van der Waals surface area contributed by atoms with Crippen LogP contribution in [0, 0.1) is 0 Å². The Morgan fingerprint density at radius 1 is 1.10 bits per heavy atom. The van der Waals surface area contributed by atoms with Gasteiger partial charge in [-0.1, -0.05) is 40.2 Å². The summed E-state index contributed by atoms with van der Waals surface area (Å²) in [5, 5.41) is 3.73. The van der Waals surface area contributed by atoms with Gasteiger partial charge >= 0.3 is 0 Å². The van der Waals surface area contributed by atoms with E-state index < -0.39 is 0 Å². The van der Waals surface area contributed by atoms with Crippen LogP contribution in [0.2, 0.25) is 0 Å². The highest BCUT2D eigenvalue weighted by molar-refractivity contribution is 9.08. The Labute approximate surface area is 127 Å². The third-order valence-electron chi connectivity index (χ3n) is 3.77. The van der Waals surface area contributed by atoms with Crippen LogP contribution in [0.5, 0.6) is 0 Å². The number of hydrogen-bond acceptors (Lipinski definition) is 1. The van der Waals surface area contributed by atoms with Crippen molar-refractivity contribution < 1.29 is 4.79 Å². The van der Waals surface area contributed by atoms with E-state index in [9.17, 15) is 4.79 Å². The molecule has 1 N–H and O–H groups in total. The molecule has 0 aliphatic heterocycles. The summed E-state index contributed by atoms with van der Waals surface area (Å²) in [6.45, 7) is 0. The maximum absolute atomic E-state index is 12.4. The minimum atomic E-state index is -0.0342. The average molecular weight is 330 g/mol. The lowest BCUT2D eigenvalue weighted by Crippen LogP contribution is -2.13. The molecule has 1 aliphatic carbocycles. The van der Waals surface area contributed by atoms with Crippen LogP contribution in [-0.2, 0) is 18.2 Å². The number of halogens is 1. The van der Waals surface area contributed by atoms with Gasteiger partial charge in [0.25, 0.3) is 5.91 Å². The van der Waals surface area contributed by atoms with Crippen LogP contribution in [0.3, 0.4) is 0 Å². The molecule has 0 saturated heterocycles. The van der Waals surface area contributed by atoms with Crippen LogP contribution in [0.1, 0.15) is 33.5 Å². The van der Waals surface area contributed by atoms with Crippen molar-refractivity contribution in [2.24, 2.45) is 0 Å². The predicted molar refractivity (Wildman–Crippen MR) is 85.5 cm³/mol. The van der Waals surface area contributed by atoms with Crippen molar-refractivity contribution in [3.05, 3.63) is 64.7 Å². The van der Waals surface area contributed by atoms with Gasteiger partial charge in [0.1, 0.15) is 0 Å². The fourth-order valence-corrected chi connectivity index (χ4v) is 3.16. The van der Waals surface area contributed by atoms with Crippen molar-refractivity contribution in [1.29, 1.82) is 0 Å². The second-order valence-corrected chi connectivity index (χ2v) is 5.64. The Bertz CT molecular complexity index is 651. The van der Waals surface area contributed by atoms with Crippen molar-refractivity contribution in [3.8, 4) is 0 Å². The van der Waals surface area contributed by atoms with Crippen molar-refractivity contribution >= 4 is 27.5 Å². The van der Waals surface area contributed by atoms with Gasteiger partial charge in [-0.15, -0.1) is 0 Å². The molecule has 2 aromatic rings. The molecule has 1 amide bonds. The third-order valence-corrected chi connectivity index (χ3v) is 4.37. The quantitative estimate of drug-likeness (QED) is 0.834.